The lowest BCUT2D eigenvalue weighted by atomic mass is 9.91. The van der Waals surface area contributed by atoms with Crippen LogP contribution in [0.1, 0.15) is 64.7 Å². The third-order valence-electron chi connectivity index (χ3n) is 5.62. The Labute approximate surface area is 130 Å². The van der Waals surface area contributed by atoms with Crippen LogP contribution in [0, 0.1) is 11.8 Å². The van der Waals surface area contributed by atoms with Gasteiger partial charge in [0.2, 0.25) is 0 Å². The molecule has 3 heteroatoms. The molecule has 3 fully saturated rings. The van der Waals surface area contributed by atoms with Crippen molar-refractivity contribution in [3.63, 3.8) is 0 Å². The first kappa shape index (κ1) is 15.8. The molecule has 3 rings (SSSR count). The molecule has 0 aromatic heterocycles. The molecule has 122 valence electrons. The van der Waals surface area contributed by atoms with Crippen LogP contribution in [-0.4, -0.2) is 47.8 Å². The van der Waals surface area contributed by atoms with Gasteiger partial charge in [-0.05, 0) is 76.2 Å². The van der Waals surface area contributed by atoms with Crippen LogP contribution in [0.3, 0.4) is 0 Å². The van der Waals surface area contributed by atoms with E-state index in [9.17, 15) is 5.11 Å². The molecular formula is C18H34N2O. The van der Waals surface area contributed by atoms with Crippen molar-refractivity contribution in [2.45, 2.75) is 76.3 Å². The number of hydrogen-bond acceptors (Lipinski definition) is 3. The highest BCUT2D eigenvalue weighted by Gasteiger charge is 2.34. The average molecular weight is 294 g/mol. The molecule has 1 atom stereocenters. The number of hydrogen-bond donors (Lipinski definition) is 2. The summed E-state index contributed by atoms with van der Waals surface area (Å²) in [6, 6.07) is 0.686. The highest BCUT2D eigenvalue weighted by Crippen LogP contribution is 2.34. The van der Waals surface area contributed by atoms with E-state index in [2.05, 4.69) is 17.1 Å². The van der Waals surface area contributed by atoms with Gasteiger partial charge in [0, 0.05) is 24.7 Å². The van der Waals surface area contributed by atoms with Crippen LogP contribution in [0.4, 0.5) is 0 Å². The molecule has 3 aliphatic carbocycles. The normalized spacial score (nSPS) is 25.3. The van der Waals surface area contributed by atoms with E-state index in [4.69, 9.17) is 0 Å². The molecule has 0 bridgehead atoms. The van der Waals surface area contributed by atoms with Gasteiger partial charge in [-0.15, -0.1) is 0 Å². The summed E-state index contributed by atoms with van der Waals surface area (Å²) in [5, 5.41) is 13.6. The van der Waals surface area contributed by atoms with Crippen LogP contribution in [0.5, 0.6) is 0 Å². The van der Waals surface area contributed by atoms with Gasteiger partial charge in [-0.1, -0.05) is 6.92 Å². The second-order valence-electron chi connectivity index (χ2n) is 7.96. The zero-order valence-corrected chi connectivity index (χ0v) is 13.8. The first-order valence-corrected chi connectivity index (χ1v) is 9.34. The third-order valence-corrected chi connectivity index (χ3v) is 5.62. The van der Waals surface area contributed by atoms with Crippen molar-refractivity contribution >= 4 is 0 Å². The van der Waals surface area contributed by atoms with E-state index in [1.165, 1.54) is 64.6 Å². The summed E-state index contributed by atoms with van der Waals surface area (Å²) in [5.74, 6) is 2.00. The fourth-order valence-corrected chi connectivity index (χ4v) is 3.48. The Morgan fingerprint density at radius 1 is 1.05 bits per heavy atom. The average Bonchev–Trinajstić information content (AvgIpc) is 3.33. The third kappa shape index (κ3) is 5.22. The smallest absolute Gasteiger partial charge is 0.0613 e. The van der Waals surface area contributed by atoms with Gasteiger partial charge in [0.1, 0.15) is 0 Å². The zero-order valence-electron chi connectivity index (χ0n) is 13.8. The predicted molar refractivity (Wildman–Crippen MR) is 87.4 cm³/mol. The van der Waals surface area contributed by atoms with Gasteiger partial charge in [-0.2, -0.15) is 0 Å². The van der Waals surface area contributed by atoms with Gasteiger partial charge in [0.25, 0.3) is 0 Å². The summed E-state index contributed by atoms with van der Waals surface area (Å²) in [4.78, 5) is 2.73. The van der Waals surface area contributed by atoms with Gasteiger partial charge in [0.15, 0.2) is 0 Å². The standard InChI is InChI=1S/C18H34N2O/c1-2-18(14-21,19-17-8-9-17)10-3-11-20(12-15-4-5-15)13-16-6-7-16/h15-17,19,21H,2-14H2,1H3. The summed E-state index contributed by atoms with van der Waals surface area (Å²) in [6.07, 6.45) is 11.8. The first-order chi connectivity index (χ1) is 10.2. The largest absolute Gasteiger partial charge is 0.394 e. The summed E-state index contributed by atoms with van der Waals surface area (Å²) in [7, 11) is 0. The maximum absolute atomic E-state index is 9.85. The van der Waals surface area contributed by atoms with E-state index in [0.717, 1.165) is 24.7 Å². The maximum Gasteiger partial charge on any atom is 0.0613 e. The molecule has 0 aliphatic heterocycles. The lowest BCUT2D eigenvalue weighted by molar-refractivity contribution is 0.135. The molecule has 0 heterocycles. The topological polar surface area (TPSA) is 35.5 Å². The second-order valence-corrected chi connectivity index (χ2v) is 7.96. The van der Waals surface area contributed by atoms with Crippen molar-refractivity contribution in [3.05, 3.63) is 0 Å². The minimum Gasteiger partial charge on any atom is -0.394 e. The summed E-state index contributed by atoms with van der Waals surface area (Å²) >= 11 is 0. The molecule has 2 N–H and O–H groups in total. The van der Waals surface area contributed by atoms with E-state index in [1.54, 1.807) is 0 Å². The summed E-state index contributed by atoms with van der Waals surface area (Å²) < 4.78 is 0. The van der Waals surface area contributed by atoms with Gasteiger partial charge < -0.3 is 15.3 Å². The Morgan fingerprint density at radius 3 is 2.10 bits per heavy atom. The van der Waals surface area contributed by atoms with E-state index in [1.807, 2.05) is 0 Å². The number of rotatable bonds is 12. The minimum atomic E-state index is -0.00794. The predicted octanol–water partition coefficient (Wildman–Crippen LogP) is 2.78. The van der Waals surface area contributed by atoms with Crippen LogP contribution in [0.25, 0.3) is 0 Å². The molecular weight excluding hydrogens is 260 g/mol. The lowest BCUT2D eigenvalue weighted by Gasteiger charge is -2.33. The zero-order chi connectivity index (χ0) is 14.7. The van der Waals surface area contributed by atoms with Crippen molar-refractivity contribution < 1.29 is 5.11 Å². The minimum absolute atomic E-state index is 0.00794. The van der Waals surface area contributed by atoms with Crippen molar-refractivity contribution in [2.24, 2.45) is 11.8 Å². The highest BCUT2D eigenvalue weighted by atomic mass is 16.3. The molecule has 1 unspecified atom stereocenters. The number of nitrogens with zero attached hydrogens (tertiary/aromatic N) is 1. The molecule has 3 aliphatic rings. The van der Waals surface area contributed by atoms with Crippen LogP contribution in [0.15, 0.2) is 0 Å². The van der Waals surface area contributed by atoms with Crippen molar-refractivity contribution in [1.82, 2.24) is 10.2 Å². The number of aliphatic hydroxyl groups is 1. The van der Waals surface area contributed by atoms with Gasteiger partial charge in [-0.25, -0.2) is 0 Å². The second kappa shape index (κ2) is 6.97. The Bertz CT molecular complexity index is 303. The Kier molecular flexibility index (Phi) is 5.23. The number of aliphatic hydroxyl groups excluding tert-OH is 1. The molecule has 0 amide bonds. The van der Waals surface area contributed by atoms with Crippen molar-refractivity contribution in [3.8, 4) is 0 Å². The van der Waals surface area contributed by atoms with Crippen LogP contribution < -0.4 is 5.32 Å². The molecule has 0 saturated heterocycles. The SMILES string of the molecule is CCC(CO)(CCCN(CC1CC1)CC1CC1)NC1CC1. The first-order valence-electron chi connectivity index (χ1n) is 9.34. The van der Waals surface area contributed by atoms with Gasteiger partial charge in [0.05, 0.1) is 6.61 Å². The summed E-state index contributed by atoms with van der Waals surface area (Å²) in [5.41, 5.74) is -0.00794. The van der Waals surface area contributed by atoms with Crippen LogP contribution >= 0.6 is 0 Å². The Balaban J connectivity index is 1.41. The molecule has 3 saturated carbocycles. The van der Waals surface area contributed by atoms with Gasteiger partial charge >= 0.3 is 0 Å². The Hall–Kier alpha value is -0.120. The molecule has 0 radical (unpaired) electrons. The molecule has 0 spiro atoms. The van der Waals surface area contributed by atoms with E-state index in [-0.39, 0.29) is 5.54 Å². The van der Waals surface area contributed by atoms with Crippen LogP contribution in [-0.2, 0) is 0 Å². The quantitative estimate of drug-likeness (QED) is 0.581. The fraction of sp³-hybridized carbons (Fsp3) is 1.00. The molecule has 3 nitrogen and oxygen atoms in total. The lowest BCUT2D eigenvalue weighted by Crippen LogP contribution is -2.49. The van der Waals surface area contributed by atoms with Crippen molar-refractivity contribution in [1.29, 1.82) is 0 Å². The van der Waals surface area contributed by atoms with Gasteiger partial charge in [-0.3, -0.25) is 0 Å². The maximum atomic E-state index is 9.85. The molecule has 0 aromatic carbocycles. The number of nitrogens with one attached hydrogen (secondary N) is 1. The Morgan fingerprint density at radius 2 is 1.67 bits per heavy atom. The van der Waals surface area contributed by atoms with Crippen LogP contribution in [0.2, 0.25) is 0 Å². The fourth-order valence-electron chi connectivity index (χ4n) is 3.48. The molecule has 21 heavy (non-hydrogen) atoms. The van der Waals surface area contributed by atoms with E-state index in [0.29, 0.717) is 12.6 Å². The van der Waals surface area contributed by atoms with Crippen molar-refractivity contribution in [2.75, 3.05) is 26.2 Å². The summed E-state index contributed by atoms with van der Waals surface area (Å²) in [6.45, 7) is 6.43. The van der Waals surface area contributed by atoms with E-state index < -0.39 is 0 Å². The molecule has 0 aromatic rings. The highest BCUT2D eigenvalue weighted by molar-refractivity contribution is 4.94. The van der Waals surface area contributed by atoms with E-state index >= 15 is 0 Å². The monoisotopic (exact) mass is 294 g/mol.